The normalized spacial score (nSPS) is 13.5. The van der Waals surface area contributed by atoms with Crippen LogP contribution in [0.5, 0.6) is 11.5 Å². The standard InChI is InChI=1S/C29H32ClN7O3S/c1-35-10-12-36(13-11-35)21-8-6-20(7-9-21)33-26-17-27(32-19-31-26)37(18-23-5-4-14-41-23)29(38)34-24-15-22(39-2)16-25(40-3)28(24)30/h4-9,14-17,19H,10-13,18H2,1-3H3,(H,34,38)(H,31,32,33). The Hall–Kier alpha value is -4.06. The van der Waals surface area contributed by atoms with Crippen molar-refractivity contribution in [2.75, 3.05) is 67.9 Å². The molecule has 0 aliphatic carbocycles. The summed E-state index contributed by atoms with van der Waals surface area (Å²) in [6.45, 7) is 4.43. The fourth-order valence-electron chi connectivity index (χ4n) is 4.46. The molecule has 41 heavy (non-hydrogen) atoms. The van der Waals surface area contributed by atoms with Crippen molar-refractivity contribution in [3.05, 3.63) is 76.2 Å². The molecule has 1 aliphatic rings. The van der Waals surface area contributed by atoms with Crippen LogP contribution in [0.1, 0.15) is 4.88 Å². The van der Waals surface area contributed by atoms with E-state index in [-0.39, 0.29) is 5.02 Å². The van der Waals surface area contributed by atoms with Crippen LogP contribution in [0.3, 0.4) is 0 Å². The number of nitrogens with one attached hydrogen (secondary N) is 2. The Balaban J connectivity index is 1.36. The molecule has 0 saturated carbocycles. The molecular weight excluding hydrogens is 562 g/mol. The minimum absolute atomic E-state index is 0.266. The molecule has 0 unspecified atom stereocenters. The Morgan fingerprint density at radius 3 is 2.51 bits per heavy atom. The zero-order valence-corrected chi connectivity index (χ0v) is 24.7. The van der Waals surface area contributed by atoms with E-state index in [1.165, 1.54) is 31.1 Å². The van der Waals surface area contributed by atoms with E-state index < -0.39 is 6.03 Å². The number of aromatic nitrogens is 2. The predicted octanol–water partition coefficient (Wildman–Crippen LogP) is 5.94. The van der Waals surface area contributed by atoms with Gasteiger partial charge in [-0.05, 0) is 42.8 Å². The van der Waals surface area contributed by atoms with Crippen LogP contribution in [-0.2, 0) is 6.54 Å². The van der Waals surface area contributed by atoms with E-state index in [2.05, 4.69) is 49.6 Å². The first-order valence-electron chi connectivity index (χ1n) is 13.1. The van der Waals surface area contributed by atoms with Crippen molar-refractivity contribution in [3.8, 4) is 11.5 Å². The fraction of sp³-hybridized carbons (Fsp3) is 0.276. The van der Waals surface area contributed by atoms with Crippen LogP contribution in [0, 0.1) is 0 Å². The summed E-state index contributed by atoms with van der Waals surface area (Å²) in [5, 5.41) is 8.46. The van der Waals surface area contributed by atoms with Gasteiger partial charge < -0.3 is 29.9 Å². The number of anilines is 5. The molecule has 1 aliphatic heterocycles. The second kappa shape index (κ2) is 13.1. The maximum atomic E-state index is 13.7. The van der Waals surface area contributed by atoms with Gasteiger partial charge in [0.1, 0.15) is 34.5 Å². The molecular formula is C29H32ClN7O3S. The van der Waals surface area contributed by atoms with Gasteiger partial charge in [-0.15, -0.1) is 11.3 Å². The molecule has 0 bridgehead atoms. The molecule has 5 rings (SSSR count). The zero-order valence-electron chi connectivity index (χ0n) is 23.1. The number of piperazine rings is 1. The van der Waals surface area contributed by atoms with Gasteiger partial charge >= 0.3 is 6.03 Å². The zero-order chi connectivity index (χ0) is 28.8. The van der Waals surface area contributed by atoms with Crippen LogP contribution in [-0.4, -0.2) is 68.3 Å². The van der Waals surface area contributed by atoms with E-state index in [9.17, 15) is 4.79 Å². The van der Waals surface area contributed by atoms with Crippen LogP contribution >= 0.6 is 22.9 Å². The van der Waals surface area contributed by atoms with Crippen molar-refractivity contribution in [3.63, 3.8) is 0 Å². The van der Waals surface area contributed by atoms with E-state index in [1.54, 1.807) is 29.5 Å². The average molecular weight is 594 g/mol. The van der Waals surface area contributed by atoms with Crippen molar-refractivity contribution >= 4 is 57.7 Å². The number of methoxy groups -OCH3 is 2. The van der Waals surface area contributed by atoms with Gasteiger partial charge in [-0.3, -0.25) is 4.90 Å². The number of amides is 2. The van der Waals surface area contributed by atoms with Gasteiger partial charge in [0.2, 0.25) is 0 Å². The third-order valence-electron chi connectivity index (χ3n) is 6.79. The molecule has 1 saturated heterocycles. The second-order valence-corrected chi connectivity index (χ2v) is 10.9. The summed E-state index contributed by atoms with van der Waals surface area (Å²) in [5.41, 5.74) is 2.44. The van der Waals surface area contributed by atoms with Gasteiger partial charge in [0.15, 0.2) is 0 Å². The largest absolute Gasteiger partial charge is 0.497 e. The van der Waals surface area contributed by atoms with Crippen LogP contribution in [0.25, 0.3) is 0 Å². The molecule has 2 aromatic carbocycles. The highest BCUT2D eigenvalue weighted by Gasteiger charge is 2.22. The van der Waals surface area contributed by atoms with Gasteiger partial charge in [-0.1, -0.05) is 17.7 Å². The highest BCUT2D eigenvalue weighted by Crippen LogP contribution is 2.37. The van der Waals surface area contributed by atoms with Gasteiger partial charge in [0, 0.05) is 60.6 Å². The van der Waals surface area contributed by atoms with Gasteiger partial charge in [-0.2, -0.15) is 0 Å². The number of benzene rings is 2. The Kier molecular flexibility index (Phi) is 9.07. The molecule has 4 aromatic rings. The van der Waals surface area contributed by atoms with Crippen LogP contribution in [0.4, 0.5) is 33.5 Å². The lowest BCUT2D eigenvalue weighted by Gasteiger charge is -2.34. The number of carbonyl (C=O) groups excluding carboxylic acids is 1. The molecule has 0 atom stereocenters. The maximum Gasteiger partial charge on any atom is 0.327 e. The number of hydrogen-bond acceptors (Lipinski definition) is 9. The van der Waals surface area contributed by atoms with Crippen molar-refractivity contribution < 1.29 is 14.3 Å². The van der Waals surface area contributed by atoms with Crippen molar-refractivity contribution in [1.29, 1.82) is 0 Å². The van der Waals surface area contributed by atoms with Crippen molar-refractivity contribution in [1.82, 2.24) is 14.9 Å². The molecule has 2 amide bonds. The van der Waals surface area contributed by atoms with Crippen molar-refractivity contribution in [2.45, 2.75) is 6.54 Å². The Morgan fingerprint density at radius 1 is 1.05 bits per heavy atom. The Morgan fingerprint density at radius 2 is 1.83 bits per heavy atom. The van der Waals surface area contributed by atoms with Gasteiger partial charge in [-0.25, -0.2) is 14.8 Å². The molecule has 12 heteroatoms. The minimum Gasteiger partial charge on any atom is -0.497 e. The number of hydrogen-bond donors (Lipinski definition) is 2. The number of thiophene rings is 1. The molecule has 2 aromatic heterocycles. The first-order valence-corrected chi connectivity index (χ1v) is 14.3. The minimum atomic E-state index is -0.420. The monoisotopic (exact) mass is 593 g/mol. The highest BCUT2D eigenvalue weighted by atomic mass is 35.5. The van der Waals surface area contributed by atoms with Crippen LogP contribution in [0.15, 0.2) is 66.3 Å². The molecule has 214 valence electrons. The molecule has 3 heterocycles. The summed E-state index contributed by atoms with van der Waals surface area (Å²) in [7, 11) is 5.19. The fourth-order valence-corrected chi connectivity index (χ4v) is 5.39. The highest BCUT2D eigenvalue weighted by molar-refractivity contribution is 7.09. The summed E-state index contributed by atoms with van der Waals surface area (Å²) in [6.07, 6.45) is 1.44. The topological polar surface area (TPSA) is 95.1 Å². The van der Waals surface area contributed by atoms with E-state index in [0.717, 1.165) is 36.7 Å². The van der Waals surface area contributed by atoms with E-state index >= 15 is 0 Å². The Labute approximate surface area is 248 Å². The lowest BCUT2D eigenvalue weighted by atomic mass is 10.2. The van der Waals surface area contributed by atoms with Gasteiger partial charge in [0.25, 0.3) is 0 Å². The van der Waals surface area contributed by atoms with Crippen molar-refractivity contribution in [2.24, 2.45) is 0 Å². The van der Waals surface area contributed by atoms with Gasteiger partial charge in [0.05, 0.1) is 26.5 Å². The number of urea groups is 1. The summed E-state index contributed by atoms with van der Waals surface area (Å²) in [5.74, 6) is 1.87. The van der Waals surface area contributed by atoms with E-state index in [1.807, 2.05) is 29.6 Å². The number of ether oxygens (including phenoxy) is 2. The van der Waals surface area contributed by atoms with E-state index in [0.29, 0.717) is 35.4 Å². The number of likely N-dealkylation sites (N-methyl/N-ethyl adjacent to an activating group) is 1. The summed E-state index contributed by atoms with van der Waals surface area (Å²) >= 11 is 8.06. The first-order chi connectivity index (χ1) is 19.9. The SMILES string of the molecule is COc1cc(NC(=O)N(Cc2cccs2)c2cc(Nc3ccc(N4CCN(C)CC4)cc3)ncn2)c(Cl)c(OC)c1. The van der Waals surface area contributed by atoms with E-state index in [4.69, 9.17) is 21.1 Å². The maximum absolute atomic E-state index is 13.7. The lowest BCUT2D eigenvalue weighted by molar-refractivity contribution is 0.256. The number of rotatable bonds is 9. The molecule has 0 radical (unpaired) electrons. The third-order valence-corrected chi connectivity index (χ3v) is 8.04. The average Bonchev–Trinajstić information content (AvgIpc) is 3.51. The number of halogens is 1. The molecule has 0 spiro atoms. The second-order valence-electron chi connectivity index (χ2n) is 9.51. The predicted molar refractivity (Wildman–Crippen MR) is 166 cm³/mol. The third kappa shape index (κ3) is 6.99. The summed E-state index contributed by atoms with van der Waals surface area (Å²) < 4.78 is 10.7. The first kappa shape index (κ1) is 28.5. The van der Waals surface area contributed by atoms with Crippen LogP contribution < -0.4 is 29.9 Å². The smallest absolute Gasteiger partial charge is 0.327 e. The molecule has 10 nitrogen and oxygen atoms in total. The summed E-state index contributed by atoms with van der Waals surface area (Å²) in [4.78, 5) is 29.7. The van der Waals surface area contributed by atoms with Crippen LogP contribution in [0.2, 0.25) is 5.02 Å². The lowest BCUT2D eigenvalue weighted by Crippen LogP contribution is -2.44. The number of carbonyl (C=O) groups is 1. The molecule has 1 fully saturated rings. The quantitative estimate of drug-likeness (QED) is 0.246. The Bertz CT molecular complexity index is 1460. The number of nitrogens with zero attached hydrogens (tertiary/aromatic N) is 5. The summed E-state index contributed by atoms with van der Waals surface area (Å²) in [6, 6.07) is 16.8. The molecule has 2 N–H and O–H groups in total.